The smallest absolute Gasteiger partial charge is 0.338 e. The molecule has 3 rings (SSSR count). The van der Waals surface area contributed by atoms with Crippen molar-refractivity contribution in [2.75, 3.05) is 6.61 Å². The molecule has 0 aliphatic carbocycles. The first kappa shape index (κ1) is 15.1. The van der Waals surface area contributed by atoms with Gasteiger partial charge in [-0.3, -0.25) is 4.79 Å². The summed E-state index contributed by atoms with van der Waals surface area (Å²) in [7, 11) is 0. The third kappa shape index (κ3) is 3.17. The lowest BCUT2D eigenvalue weighted by Crippen LogP contribution is -2.14. The van der Waals surface area contributed by atoms with E-state index in [0.717, 1.165) is 17.2 Å². The number of hydrogen-bond donors (Lipinski definition) is 2. The maximum absolute atomic E-state index is 12.0. The summed E-state index contributed by atoms with van der Waals surface area (Å²) in [6, 6.07) is 8.70. The fourth-order valence-corrected chi connectivity index (χ4v) is 2.35. The number of hydrogen-bond acceptors (Lipinski definition) is 6. The number of fused-ring (bicyclic) bond motifs is 1. The molecule has 2 aromatic rings. The minimum absolute atomic E-state index is 0.0158. The van der Waals surface area contributed by atoms with Gasteiger partial charge in [-0.05, 0) is 35.4 Å². The van der Waals surface area contributed by atoms with Gasteiger partial charge in [-0.25, -0.2) is 4.79 Å². The van der Waals surface area contributed by atoms with E-state index in [1.807, 2.05) is 0 Å². The van der Waals surface area contributed by atoms with Gasteiger partial charge in [0.15, 0.2) is 6.61 Å². The molecule has 0 radical (unpaired) electrons. The van der Waals surface area contributed by atoms with Gasteiger partial charge in [-0.15, -0.1) is 0 Å². The van der Waals surface area contributed by atoms with Crippen molar-refractivity contribution in [1.82, 2.24) is 0 Å². The predicted molar refractivity (Wildman–Crippen MR) is 79.3 cm³/mol. The summed E-state index contributed by atoms with van der Waals surface area (Å²) in [5.74, 6) is -1.69. The van der Waals surface area contributed by atoms with Gasteiger partial charge in [-0.2, -0.15) is 0 Å². The predicted octanol–water partition coefficient (Wildman–Crippen LogP) is 2.17. The topological polar surface area (TPSA) is 93.1 Å². The number of benzene rings is 2. The molecule has 0 atom stereocenters. The second kappa shape index (κ2) is 6.10. The Hall–Kier alpha value is -2.86. The normalized spacial score (nSPS) is 12.7. The van der Waals surface area contributed by atoms with Crippen LogP contribution in [0.5, 0.6) is 11.5 Å². The van der Waals surface area contributed by atoms with Crippen molar-refractivity contribution < 1.29 is 29.3 Å². The van der Waals surface area contributed by atoms with Crippen molar-refractivity contribution in [2.45, 2.75) is 13.2 Å². The van der Waals surface area contributed by atoms with Crippen LogP contribution in [0.25, 0.3) is 0 Å². The highest BCUT2D eigenvalue weighted by molar-refractivity contribution is 6.01. The molecule has 0 bridgehead atoms. The number of esters is 1. The number of rotatable bonds is 4. The third-order valence-corrected chi connectivity index (χ3v) is 3.57. The average Bonchev–Trinajstić information content (AvgIpc) is 2.99. The molecule has 6 heteroatoms. The molecule has 0 saturated carbocycles. The first-order chi connectivity index (χ1) is 11.0. The summed E-state index contributed by atoms with van der Waals surface area (Å²) in [5, 5.41) is 18.8. The zero-order valence-electron chi connectivity index (χ0n) is 12.1. The van der Waals surface area contributed by atoms with Crippen molar-refractivity contribution in [3.8, 4) is 11.5 Å². The Morgan fingerprint density at radius 3 is 2.61 bits per heavy atom. The molecule has 6 nitrogen and oxygen atoms in total. The number of ketones is 1. The van der Waals surface area contributed by atoms with Crippen LogP contribution in [0.3, 0.4) is 0 Å². The van der Waals surface area contributed by atoms with Crippen molar-refractivity contribution in [3.05, 3.63) is 58.7 Å². The Balaban J connectivity index is 1.65. The molecule has 1 aliphatic heterocycles. The molecular formula is C17H14O6. The van der Waals surface area contributed by atoms with Gasteiger partial charge in [0, 0.05) is 6.07 Å². The Bertz CT molecular complexity index is 781. The first-order valence-corrected chi connectivity index (χ1v) is 6.96. The summed E-state index contributed by atoms with van der Waals surface area (Å²) in [5.41, 5.74) is 2.29. The third-order valence-electron chi connectivity index (χ3n) is 3.57. The molecule has 0 fully saturated rings. The molecule has 2 N–H and O–H groups in total. The summed E-state index contributed by atoms with van der Waals surface area (Å²) in [4.78, 5) is 24.0. The van der Waals surface area contributed by atoms with Crippen LogP contribution in [0.4, 0.5) is 0 Å². The zero-order valence-corrected chi connectivity index (χ0v) is 12.1. The molecule has 2 aromatic carbocycles. The van der Waals surface area contributed by atoms with Gasteiger partial charge < -0.3 is 19.7 Å². The van der Waals surface area contributed by atoms with Crippen molar-refractivity contribution >= 4 is 11.8 Å². The average molecular weight is 314 g/mol. The molecule has 0 spiro atoms. The molecule has 1 heterocycles. The van der Waals surface area contributed by atoms with Crippen LogP contribution < -0.4 is 0 Å². The standard InChI is InChI=1S/C17H14O6/c18-13-3-4-14(15(19)6-13)16(20)9-23-17(21)10-1-2-11-7-22-8-12(11)5-10/h1-6,18-19H,7-9H2. The Labute approximate surface area is 131 Å². The van der Waals surface area contributed by atoms with Gasteiger partial charge in [0.2, 0.25) is 5.78 Å². The molecule has 118 valence electrons. The summed E-state index contributed by atoms with van der Waals surface area (Å²) in [6.45, 7) is 0.491. The second-order valence-electron chi connectivity index (χ2n) is 5.18. The van der Waals surface area contributed by atoms with E-state index in [0.29, 0.717) is 18.8 Å². The Kier molecular flexibility index (Phi) is 3.99. The van der Waals surface area contributed by atoms with E-state index in [4.69, 9.17) is 9.47 Å². The van der Waals surface area contributed by atoms with E-state index in [-0.39, 0.29) is 17.1 Å². The fraction of sp³-hybridized carbons (Fsp3) is 0.176. The van der Waals surface area contributed by atoms with Crippen LogP contribution in [0.1, 0.15) is 31.8 Å². The Morgan fingerprint density at radius 1 is 1.04 bits per heavy atom. The van der Waals surface area contributed by atoms with Crippen LogP contribution in [0, 0.1) is 0 Å². The number of phenols is 2. The minimum atomic E-state index is -0.619. The van der Waals surface area contributed by atoms with Gasteiger partial charge in [0.1, 0.15) is 11.5 Å². The maximum Gasteiger partial charge on any atom is 0.338 e. The van der Waals surface area contributed by atoms with E-state index in [1.54, 1.807) is 18.2 Å². The zero-order chi connectivity index (χ0) is 16.4. The van der Waals surface area contributed by atoms with Crippen LogP contribution in [-0.4, -0.2) is 28.6 Å². The monoisotopic (exact) mass is 314 g/mol. The highest BCUT2D eigenvalue weighted by atomic mass is 16.5. The van der Waals surface area contributed by atoms with Gasteiger partial charge >= 0.3 is 5.97 Å². The van der Waals surface area contributed by atoms with E-state index < -0.39 is 18.4 Å². The summed E-state index contributed by atoms with van der Waals surface area (Å²) < 4.78 is 10.3. The number of Topliss-reactive ketones (excluding diaryl/α,β-unsaturated/α-hetero) is 1. The van der Waals surface area contributed by atoms with Gasteiger partial charge in [0.05, 0.1) is 24.3 Å². The molecular weight excluding hydrogens is 300 g/mol. The van der Waals surface area contributed by atoms with Crippen LogP contribution in [0.15, 0.2) is 36.4 Å². The maximum atomic E-state index is 12.0. The van der Waals surface area contributed by atoms with E-state index in [1.165, 1.54) is 12.1 Å². The number of carbonyl (C=O) groups is 2. The number of carbonyl (C=O) groups excluding carboxylic acids is 2. The molecule has 0 amide bonds. The molecule has 23 heavy (non-hydrogen) atoms. The lowest BCUT2D eigenvalue weighted by atomic mass is 10.1. The summed E-state index contributed by atoms with van der Waals surface area (Å²) in [6.07, 6.45) is 0. The fourth-order valence-electron chi connectivity index (χ4n) is 2.35. The number of ether oxygens (including phenoxy) is 2. The van der Waals surface area contributed by atoms with Gasteiger partial charge in [-0.1, -0.05) is 6.07 Å². The van der Waals surface area contributed by atoms with Crippen molar-refractivity contribution in [1.29, 1.82) is 0 Å². The lowest BCUT2D eigenvalue weighted by molar-refractivity contribution is 0.0473. The number of phenolic OH excluding ortho intramolecular Hbond substituents is 2. The van der Waals surface area contributed by atoms with Crippen molar-refractivity contribution in [2.24, 2.45) is 0 Å². The molecule has 0 unspecified atom stereocenters. The highest BCUT2D eigenvalue weighted by Crippen LogP contribution is 2.23. The van der Waals surface area contributed by atoms with Gasteiger partial charge in [0.25, 0.3) is 0 Å². The van der Waals surface area contributed by atoms with E-state index in [9.17, 15) is 19.8 Å². The van der Waals surface area contributed by atoms with E-state index >= 15 is 0 Å². The first-order valence-electron chi connectivity index (χ1n) is 6.96. The SMILES string of the molecule is O=C(OCC(=O)c1ccc(O)cc1O)c1ccc2c(c1)COC2. The summed E-state index contributed by atoms with van der Waals surface area (Å²) >= 11 is 0. The van der Waals surface area contributed by atoms with Crippen LogP contribution in [0.2, 0.25) is 0 Å². The van der Waals surface area contributed by atoms with Crippen LogP contribution >= 0.6 is 0 Å². The minimum Gasteiger partial charge on any atom is -0.508 e. The molecule has 0 aromatic heterocycles. The molecule has 1 aliphatic rings. The van der Waals surface area contributed by atoms with Crippen molar-refractivity contribution in [3.63, 3.8) is 0 Å². The van der Waals surface area contributed by atoms with Crippen LogP contribution in [-0.2, 0) is 22.7 Å². The number of aromatic hydroxyl groups is 2. The highest BCUT2D eigenvalue weighted by Gasteiger charge is 2.17. The Morgan fingerprint density at radius 2 is 1.83 bits per heavy atom. The molecule has 0 saturated heterocycles. The van der Waals surface area contributed by atoms with E-state index in [2.05, 4.69) is 0 Å². The second-order valence-corrected chi connectivity index (χ2v) is 5.18. The largest absolute Gasteiger partial charge is 0.508 e. The quantitative estimate of drug-likeness (QED) is 0.663. The lowest BCUT2D eigenvalue weighted by Gasteiger charge is -2.07.